The highest BCUT2D eigenvalue weighted by atomic mass is 16.5. The summed E-state index contributed by atoms with van der Waals surface area (Å²) < 4.78 is 11.0. The largest absolute Gasteiger partial charge is 0.457 e. The van der Waals surface area contributed by atoms with Crippen molar-refractivity contribution in [2.45, 2.75) is 13.0 Å². The fourth-order valence-electron chi connectivity index (χ4n) is 2.01. The van der Waals surface area contributed by atoms with E-state index in [0.29, 0.717) is 0 Å². The Kier molecular flexibility index (Phi) is 5.59. The standard InChI is InChI=1S/C17H21NO2/c1-18-13-15-5-3-4-6-17(15)20-16-9-7-14(8-10-16)11-12-19-2/h3-10,18H,11-13H2,1-2H3. The molecule has 0 saturated heterocycles. The van der Waals surface area contributed by atoms with Crippen molar-refractivity contribution in [3.8, 4) is 11.5 Å². The molecule has 2 aromatic carbocycles. The minimum Gasteiger partial charge on any atom is -0.457 e. The topological polar surface area (TPSA) is 30.5 Å². The van der Waals surface area contributed by atoms with Gasteiger partial charge < -0.3 is 14.8 Å². The van der Waals surface area contributed by atoms with Gasteiger partial charge in [-0.25, -0.2) is 0 Å². The van der Waals surface area contributed by atoms with Gasteiger partial charge in [-0.2, -0.15) is 0 Å². The van der Waals surface area contributed by atoms with Gasteiger partial charge in [0.25, 0.3) is 0 Å². The molecule has 0 radical (unpaired) electrons. The van der Waals surface area contributed by atoms with Crippen LogP contribution >= 0.6 is 0 Å². The zero-order valence-electron chi connectivity index (χ0n) is 12.1. The molecule has 0 unspecified atom stereocenters. The normalized spacial score (nSPS) is 10.5. The second kappa shape index (κ2) is 7.68. The Hall–Kier alpha value is -1.84. The summed E-state index contributed by atoms with van der Waals surface area (Å²) in [5.74, 6) is 1.75. The van der Waals surface area contributed by atoms with Crippen molar-refractivity contribution in [1.29, 1.82) is 0 Å². The third-order valence-electron chi connectivity index (χ3n) is 3.09. The Morgan fingerprint density at radius 1 is 1.00 bits per heavy atom. The van der Waals surface area contributed by atoms with E-state index in [9.17, 15) is 0 Å². The Morgan fingerprint density at radius 3 is 2.45 bits per heavy atom. The smallest absolute Gasteiger partial charge is 0.131 e. The lowest BCUT2D eigenvalue weighted by molar-refractivity contribution is 0.202. The highest BCUT2D eigenvalue weighted by Gasteiger charge is 2.03. The average molecular weight is 271 g/mol. The molecule has 20 heavy (non-hydrogen) atoms. The maximum Gasteiger partial charge on any atom is 0.131 e. The first-order valence-corrected chi connectivity index (χ1v) is 6.81. The third-order valence-corrected chi connectivity index (χ3v) is 3.09. The lowest BCUT2D eigenvalue weighted by Crippen LogP contribution is -2.06. The number of rotatable bonds is 7. The Labute approximate surface area is 120 Å². The number of ether oxygens (including phenoxy) is 2. The van der Waals surface area contributed by atoms with E-state index in [2.05, 4.69) is 23.5 Å². The molecule has 0 aliphatic heterocycles. The predicted molar refractivity (Wildman–Crippen MR) is 81.3 cm³/mol. The van der Waals surface area contributed by atoms with Crippen LogP contribution < -0.4 is 10.1 Å². The van der Waals surface area contributed by atoms with E-state index in [0.717, 1.165) is 36.6 Å². The number of hydrogen-bond donors (Lipinski definition) is 1. The molecule has 0 aliphatic carbocycles. The van der Waals surface area contributed by atoms with E-state index in [1.165, 1.54) is 5.56 Å². The van der Waals surface area contributed by atoms with Crippen LogP contribution in [0.3, 0.4) is 0 Å². The highest BCUT2D eigenvalue weighted by Crippen LogP contribution is 2.25. The number of benzene rings is 2. The molecule has 2 rings (SSSR count). The predicted octanol–water partition coefficient (Wildman–Crippen LogP) is 3.39. The van der Waals surface area contributed by atoms with Crippen molar-refractivity contribution in [1.82, 2.24) is 5.32 Å². The lowest BCUT2D eigenvalue weighted by Gasteiger charge is -2.11. The van der Waals surface area contributed by atoms with Crippen LogP contribution in [-0.2, 0) is 17.7 Å². The fraction of sp³-hybridized carbons (Fsp3) is 0.294. The second-order valence-electron chi connectivity index (χ2n) is 4.63. The minimum absolute atomic E-state index is 0.741. The highest BCUT2D eigenvalue weighted by molar-refractivity contribution is 5.38. The molecule has 0 heterocycles. The summed E-state index contributed by atoms with van der Waals surface area (Å²) in [5, 5.41) is 3.15. The maximum atomic E-state index is 5.95. The van der Waals surface area contributed by atoms with Crippen molar-refractivity contribution in [3.63, 3.8) is 0 Å². The van der Waals surface area contributed by atoms with Gasteiger partial charge in [-0.1, -0.05) is 30.3 Å². The summed E-state index contributed by atoms with van der Waals surface area (Å²) in [6.45, 7) is 1.54. The molecule has 3 heteroatoms. The van der Waals surface area contributed by atoms with E-state index in [1.807, 2.05) is 37.4 Å². The van der Waals surface area contributed by atoms with Gasteiger partial charge in [-0.15, -0.1) is 0 Å². The molecule has 1 N–H and O–H groups in total. The van der Waals surface area contributed by atoms with Crippen molar-refractivity contribution in [3.05, 3.63) is 59.7 Å². The van der Waals surface area contributed by atoms with Crippen molar-refractivity contribution in [2.75, 3.05) is 20.8 Å². The minimum atomic E-state index is 0.741. The van der Waals surface area contributed by atoms with Gasteiger partial charge in [0.05, 0.1) is 6.61 Å². The quantitative estimate of drug-likeness (QED) is 0.837. The van der Waals surface area contributed by atoms with Gasteiger partial charge in [-0.05, 0) is 37.2 Å². The van der Waals surface area contributed by atoms with Crippen LogP contribution in [0.1, 0.15) is 11.1 Å². The molecule has 3 nitrogen and oxygen atoms in total. The summed E-state index contributed by atoms with van der Waals surface area (Å²) in [5.41, 5.74) is 2.40. The molecule has 0 bridgehead atoms. The number of hydrogen-bond acceptors (Lipinski definition) is 3. The lowest BCUT2D eigenvalue weighted by atomic mass is 10.1. The first kappa shape index (κ1) is 14.6. The Balaban J connectivity index is 2.06. The van der Waals surface area contributed by atoms with Crippen LogP contribution in [0.25, 0.3) is 0 Å². The molecule has 0 aliphatic rings. The van der Waals surface area contributed by atoms with E-state index in [1.54, 1.807) is 7.11 Å². The summed E-state index contributed by atoms with van der Waals surface area (Å²) in [6, 6.07) is 16.2. The summed E-state index contributed by atoms with van der Waals surface area (Å²) in [4.78, 5) is 0. The summed E-state index contributed by atoms with van der Waals surface area (Å²) >= 11 is 0. The number of nitrogens with one attached hydrogen (secondary N) is 1. The number of methoxy groups -OCH3 is 1. The molecular formula is C17H21NO2. The van der Waals surface area contributed by atoms with Gasteiger partial charge in [0.15, 0.2) is 0 Å². The first-order chi connectivity index (χ1) is 9.83. The maximum absolute atomic E-state index is 5.95. The van der Waals surface area contributed by atoms with Gasteiger partial charge in [0.2, 0.25) is 0 Å². The van der Waals surface area contributed by atoms with Crippen molar-refractivity contribution in [2.24, 2.45) is 0 Å². The Bertz CT molecular complexity index is 523. The van der Waals surface area contributed by atoms with Crippen LogP contribution in [0.5, 0.6) is 11.5 Å². The van der Waals surface area contributed by atoms with Gasteiger partial charge in [0, 0.05) is 19.2 Å². The third kappa shape index (κ3) is 4.08. The zero-order valence-corrected chi connectivity index (χ0v) is 12.1. The molecule has 0 spiro atoms. The van der Waals surface area contributed by atoms with Gasteiger partial charge in [-0.3, -0.25) is 0 Å². The fourth-order valence-corrected chi connectivity index (χ4v) is 2.01. The first-order valence-electron chi connectivity index (χ1n) is 6.81. The molecule has 2 aromatic rings. The summed E-state index contributed by atoms with van der Waals surface area (Å²) in [7, 11) is 3.65. The van der Waals surface area contributed by atoms with Crippen LogP contribution in [0.4, 0.5) is 0 Å². The van der Waals surface area contributed by atoms with Crippen LogP contribution in [-0.4, -0.2) is 20.8 Å². The monoisotopic (exact) mass is 271 g/mol. The molecular weight excluding hydrogens is 250 g/mol. The van der Waals surface area contributed by atoms with Gasteiger partial charge in [0.1, 0.15) is 11.5 Å². The second-order valence-corrected chi connectivity index (χ2v) is 4.63. The van der Waals surface area contributed by atoms with Crippen LogP contribution in [0.15, 0.2) is 48.5 Å². The summed E-state index contributed by atoms with van der Waals surface area (Å²) in [6.07, 6.45) is 0.924. The van der Waals surface area contributed by atoms with E-state index < -0.39 is 0 Å². The molecule has 0 atom stereocenters. The molecule has 0 saturated carbocycles. The molecule has 0 amide bonds. The van der Waals surface area contributed by atoms with E-state index in [-0.39, 0.29) is 0 Å². The average Bonchev–Trinajstić information content (AvgIpc) is 2.49. The van der Waals surface area contributed by atoms with E-state index in [4.69, 9.17) is 9.47 Å². The van der Waals surface area contributed by atoms with E-state index >= 15 is 0 Å². The molecule has 0 aromatic heterocycles. The van der Waals surface area contributed by atoms with Crippen molar-refractivity contribution >= 4 is 0 Å². The van der Waals surface area contributed by atoms with Crippen LogP contribution in [0, 0.1) is 0 Å². The molecule has 106 valence electrons. The van der Waals surface area contributed by atoms with Gasteiger partial charge >= 0.3 is 0 Å². The SMILES string of the molecule is CNCc1ccccc1Oc1ccc(CCOC)cc1. The zero-order chi connectivity index (χ0) is 14.2. The Morgan fingerprint density at radius 2 is 1.75 bits per heavy atom. The van der Waals surface area contributed by atoms with Crippen molar-refractivity contribution < 1.29 is 9.47 Å². The van der Waals surface area contributed by atoms with Crippen LogP contribution in [0.2, 0.25) is 0 Å². The number of para-hydroxylation sites is 1. The molecule has 0 fully saturated rings.